The number of hydrogen-bond donors (Lipinski definition) is 0. The molecule has 0 bridgehead atoms. The van der Waals surface area contributed by atoms with Gasteiger partial charge < -0.3 is 14.2 Å². The molecule has 2 fully saturated rings. The van der Waals surface area contributed by atoms with Crippen LogP contribution in [0.1, 0.15) is 48.7 Å². The summed E-state index contributed by atoms with van der Waals surface area (Å²) < 4.78 is 2.05. The number of fused-ring (bicyclic) bond motifs is 1. The second-order valence-corrected chi connectivity index (χ2v) is 10.8. The number of aromatic nitrogens is 2. The molecule has 0 spiro atoms. The summed E-state index contributed by atoms with van der Waals surface area (Å²) in [5.41, 5.74) is 2.84. The van der Waals surface area contributed by atoms with Crippen LogP contribution in [0.25, 0.3) is 5.65 Å². The van der Waals surface area contributed by atoms with Crippen molar-refractivity contribution in [1.29, 1.82) is 0 Å². The Labute approximate surface area is 201 Å². The van der Waals surface area contributed by atoms with Crippen molar-refractivity contribution in [3.63, 3.8) is 0 Å². The van der Waals surface area contributed by atoms with E-state index in [9.17, 15) is 4.79 Å². The van der Waals surface area contributed by atoms with E-state index in [0.29, 0.717) is 5.92 Å². The highest BCUT2D eigenvalue weighted by Gasteiger charge is 2.27. The Balaban J connectivity index is 1.14. The number of carbonyl (C=O) groups excluding carboxylic acids is 1. The van der Waals surface area contributed by atoms with Gasteiger partial charge in [0.25, 0.3) is 5.91 Å². The van der Waals surface area contributed by atoms with Crippen molar-refractivity contribution in [1.82, 2.24) is 19.2 Å². The van der Waals surface area contributed by atoms with Crippen LogP contribution in [-0.4, -0.2) is 57.8 Å². The molecule has 3 aromatic rings. The molecule has 4 heterocycles. The van der Waals surface area contributed by atoms with Gasteiger partial charge in [-0.2, -0.15) is 0 Å². The number of hydrogen-bond acceptors (Lipinski definition) is 4. The van der Waals surface area contributed by atoms with E-state index < -0.39 is 0 Å². The normalized spacial score (nSPS) is 20.4. The lowest BCUT2D eigenvalue weighted by atomic mass is 9.94. The van der Waals surface area contributed by atoms with Crippen molar-refractivity contribution in [2.24, 2.45) is 11.8 Å². The summed E-state index contributed by atoms with van der Waals surface area (Å²) in [4.78, 5) is 23.7. The lowest BCUT2D eigenvalue weighted by Gasteiger charge is -2.38. The molecule has 1 unspecified atom stereocenters. The molecule has 0 N–H and O–H groups in total. The summed E-state index contributed by atoms with van der Waals surface area (Å²) in [5, 5.41) is 0. The van der Waals surface area contributed by atoms with E-state index in [1.165, 1.54) is 37.2 Å². The van der Waals surface area contributed by atoms with Gasteiger partial charge >= 0.3 is 0 Å². The minimum atomic E-state index is 0.184. The van der Waals surface area contributed by atoms with E-state index in [2.05, 4.69) is 44.4 Å². The highest BCUT2D eigenvalue weighted by Crippen LogP contribution is 2.25. The lowest BCUT2D eigenvalue weighted by Crippen LogP contribution is -2.45. The molecule has 5 rings (SSSR count). The Morgan fingerprint density at radius 2 is 1.88 bits per heavy atom. The molecule has 2 aliphatic heterocycles. The zero-order valence-electron chi connectivity index (χ0n) is 19.5. The van der Waals surface area contributed by atoms with Crippen molar-refractivity contribution < 1.29 is 4.79 Å². The number of carbonyl (C=O) groups is 1. The van der Waals surface area contributed by atoms with Crippen molar-refractivity contribution in [3.8, 4) is 0 Å². The molecule has 1 amide bonds. The van der Waals surface area contributed by atoms with Gasteiger partial charge in [0.15, 0.2) is 0 Å². The van der Waals surface area contributed by atoms with E-state index in [1.54, 1.807) is 11.8 Å². The monoisotopic (exact) mass is 462 g/mol. The van der Waals surface area contributed by atoms with Gasteiger partial charge in [-0.05, 0) is 87.0 Å². The quantitative estimate of drug-likeness (QED) is 0.472. The maximum absolute atomic E-state index is 13.2. The molecule has 0 radical (unpaired) electrons. The van der Waals surface area contributed by atoms with Gasteiger partial charge in [0, 0.05) is 48.2 Å². The minimum Gasteiger partial charge on any atom is -0.338 e. The molecule has 0 saturated carbocycles. The van der Waals surface area contributed by atoms with Crippen LogP contribution in [0.2, 0.25) is 0 Å². The predicted molar refractivity (Wildman–Crippen MR) is 135 cm³/mol. The van der Waals surface area contributed by atoms with E-state index in [-0.39, 0.29) is 5.91 Å². The molecular weight excluding hydrogens is 428 g/mol. The van der Waals surface area contributed by atoms with Crippen molar-refractivity contribution in [2.75, 3.05) is 32.7 Å². The van der Waals surface area contributed by atoms with Gasteiger partial charge in [-0.15, -0.1) is 11.8 Å². The third-order valence-corrected chi connectivity index (χ3v) is 8.15. The number of thioether (sulfide) groups is 1. The first kappa shape index (κ1) is 22.5. The van der Waals surface area contributed by atoms with Crippen LogP contribution >= 0.6 is 11.8 Å². The second kappa shape index (κ2) is 10.3. The third-order valence-electron chi connectivity index (χ3n) is 7.10. The smallest absolute Gasteiger partial charge is 0.253 e. The van der Waals surface area contributed by atoms with E-state index in [0.717, 1.165) is 54.6 Å². The molecule has 0 aliphatic carbocycles. The van der Waals surface area contributed by atoms with Gasteiger partial charge in [-0.25, -0.2) is 4.98 Å². The molecule has 33 heavy (non-hydrogen) atoms. The van der Waals surface area contributed by atoms with Gasteiger partial charge in [0.2, 0.25) is 0 Å². The molecule has 1 atom stereocenters. The van der Waals surface area contributed by atoms with Crippen molar-refractivity contribution in [3.05, 3.63) is 66.1 Å². The number of imidazole rings is 1. The Bertz CT molecular complexity index is 1040. The maximum atomic E-state index is 13.2. The minimum absolute atomic E-state index is 0.184. The first-order valence-corrected chi connectivity index (χ1v) is 13.3. The van der Waals surface area contributed by atoms with Gasteiger partial charge in [0.1, 0.15) is 5.65 Å². The number of benzene rings is 1. The Hall–Kier alpha value is -2.31. The van der Waals surface area contributed by atoms with E-state index in [1.807, 2.05) is 36.5 Å². The molecule has 2 saturated heterocycles. The molecule has 174 valence electrons. The third kappa shape index (κ3) is 5.61. The topological polar surface area (TPSA) is 40.9 Å². The highest BCUT2D eigenvalue weighted by atomic mass is 32.2. The summed E-state index contributed by atoms with van der Waals surface area (Å²) in [5.74, 6) is 2.48. The number of amides is 1. The summed E-state index contributed by atoms with van der Waals surface area (Å²) in [6, 6.07) is 14.2. The molecule has 2 aromatic heterocycles. The zero-order chi connectivity index (χ0) is 22.6. The fourth-order valence-electron chi connectivity index (χ4n) is 5.10. The Kier molecular flexibility index (Phi) is 7.02. The van der Waals surface area contributed by atoms with E-state index in [4.69, 9.17) is 0 Å². The van der Waals surface area contributed by atoms with Gasteiger partial charge in [-0.1, -0.05) is 13.0 Å². The predicted octanol–water partition coefficient (Wildman–Crippen LogP) is 5.21. The van der Waals surface area contributed by atoms with Crippen LogP contribution < -0.4 is 0 Å². The van der Waals surface area contributed by atoms with Crippen LogP contribution in [0.5, 0.6) is 0 Å². The van der Waals surface area contributed by atoms with E-state index >= 15 is 0 Å². The van der Waals surface area contributed by atoms with Crippen LogP contribution in [0.3, 0.4) is 0 Å². The number of likely N-dealkylation sites (tertiary alicyclic amines) is 2. The van der Waals surface area contributed by atoms with Crippen LogP contribution in [-0.2, 0) is 5.75 Å². The summed E-state index contributed by atoms with van der Waals surface area (Å²) in [6.45, 7) is 7.74. The number of rotatable bonds is 6. The molecule has 5 nitrogen and oxygen atoms in total. The largest absolute Gasteiger partial charge is 0.338 e. The summed E-state index contributed by atoms with van der Waals surface area (Å²) >= 11 is 1.76. The Morgan fingerprint density at radius 3 is 2.67 bits per heavy atom. The van der Waals surface area contributed by atoms with Gasteiger partial charge in [-0.3, -0.25) is 4.79 Å². The van der Waals surface area contributed by atoms with Crippen LogP contribution in [0, 0.1) is 11.8 Å². The van der Waals surface area contributed by atoms with Crippen LogP contribution in [0.4, 0.5) is 0 Å². The highest BCUT2D eigenvalue weighted by molar-refractivity contribution is 7.98. The average Bonchev–Trinajstić information content (AvgIpc) is 3.27. The molecule has 6 heteroatoms. The second-order valence-electron chi connectivity index (χ2n) is 9.75. The number of piperidine rings is 2. The fraction of sp³-hybridized carbons (Fsp3) is 0.481. The van der Waals surface area contributed by atoms with Crippen molar-refractivity contribution >= 4 is 23.3 Å². The maximum Gasteiger partial charge on any atom is 0.253 e. The van der Waals surface area contributed by atoms with Crippen molar-refractivity contribution in [2.45, 2.75) is 43.3 Å². The molecule has 2 aliphatic rings. The molecular formula is C27H34N4OS. The summed E-state index contributed by atoms with van der Waals surface area (Å²) in [6.07, 6.45) is 9.10. The zero-order valence-corrected chi connectivity index (χ0v) is 20.3. The fourth-order valence-corrected chi connectivity index (χ4v) is 5.88. The number of pyridine rings is 1. The first-order valence-electron chi connectivity index (χ1n) is 12.3. The average molecular weight is 463 g/mol. The lowest BCUT2D eigenvalue weighted by molar-refractivity contribution is 0.0622. The summed E-state index contributed by atoms with van der Waals surface area (Å²) in [7, 11) is 0. The Morgan fingerprint density at radius 1 is 1.06 bits per heavy atom. The standard InChI is InChI=1S/C27H34N4OS/c1-21-11-15-29(16-12-21)17-22-5-4-14-31(18-22)27(32)23-7-9-25(10-8-23)33-20-24-19-30-13-3-2-6-26(30)28-24/h2-3,6-10,13,19,21-22H,4-5,11-12,14-18,20H2,1H3. The number of nitrogens with zero attached hydrogens (tertiary/aromatic N) is 4. The van der Waals surface area contributed by atoms with Crippen LogP contribution in [0.15, 0.2) is 59.8 Å². The van der Waals surface area contributed by atoms with Gasteiger partial charge in [0.05, 0.1) is 5.69 Å². The first-order chi connectivity index (χ1) is 16.1. The molecule has 1 aromatic carbocycles. The SMILES string of the molecule is CC1CCN(CC2CCCN(C(=O)c3ccc(SCc4cn5ccccc5n4)cc3)C2)CC1.